The summed E-state index contributed by atoms with van der Waals surface area (Å²) in [7, 11) is 1.88. The van der Waals surface area contributed by atoms with Crippen molar-refractivity contribution in [1.82, 2.24) is 19.9 Å². The van der Waals surface area contributed by atoms with Crippen molar-refractivity contribution in [2.24, 2.45) is 0 Å². The molecule has 6 nitrogen and oxygen atoms in total. The maximum atomic E-state index is 5.68. The zero-order chi connectivity index (χ0) is 15.5. The maximum absolute atomic E-state index is 5.68. The minimum absolute atomic E-state index is 0.0854. The Bertz CT molecular complexity index is 645. The van der Waals surface area contributed by atoms with Crippen molar-refractivity contribution in [3.05, 3.63) is 33.7 Å². The Labute approximate surface area is 134 Å². The van der Waals surface area contributed by atoms with Crippen molar-refractivity contribution in [2.45, 2.75) is 26.4 Å². The fourth-order valence-corrected chi connectivity index (χ4v) is 3.40. The number of aryl methyl sites for hydroxylation is 2. The number of anilines is 1. The Hall–Kier alpha value is -1.57. The maximum Gasteiger partial charge on any atom is 0.150 e. The highest BCUT2D eigenvalue weighted by Gasteiger charge is 2.28. The number of rotatable bonds is 4. The first kappa shape index (κ1) is 15.3. The third-order valence-corrected chi connectivity index (χ3v) is 4.78. The van der Waals surface area contributed by atoms with Gasteiger partial charge in [-0.1, -0.05) is 0 Å². The highest BCUT2D eigenvalue weighted by molar-refractivity contribution is 7.09. The van der Waals surface area contributed by atoms with Gasteiger partial charge in [0.15, 0.2) is 0 Å². The molecule has 22 heavy (non-hydrogen) atoms. The summed E-state index contributed by atoms with van der Waals surface area (Å²) in [5, 5.41) is 3.10. The predicted octanol–water partition coefficient (Wildman–Crippen LogP) is 2.17. The van der Waals surface area contributed by atoms with E-state index in [-0.39, 0.29) is 6.04 Å². The highest BCUT2D eigenvalue weighted by Crippen LogP contribution is 2.26. The molecule has 1 N–H and O–H groups in total. The molecule has 0 spiro atoms. The molecule has 0 saturated carbocycles. The van der Waals surface area contributed by atoms with Gasteiger partial charge in [0.25, 0.3) is 0 Å². The molecule has 0 aliphatic carbocycles. The zero-order valence-corrected chi connectivity index (χ0v) is 14.0. The van der Waals surface area contributed by atoms with Gasteiger partial charge in [-0.3, -0.25) is 4.90 Å². The smallest absolute Gasteiger partial charge is 0.150 e. The standard InChI is InChI=1S/C15H21N5OS/c1-10-6-14(16-3)19-15(18-10)12-8-21-5-4-20(12)7-13-11(2)17-9-22-13/h6,9,12H,4-5,7-8H2,1-3H3,(H,16,18,19)/t12-/m0/s1. The lowest BCUT2D eigenvalue weighted by molar-refractivity contribution is -0.0155. The van der Waals surface area contributed by atoms with Crippen molar-refractivity contribution >= 4 is 17.2 Å². The minimum atomic E-state index is 0.0854. The third-order valence-electron chi connectivity index (χ3n) is 3.86. The number of aromatic nitrogens is 3. The van der Waals surface area contributed by atoms with Crippen molar-refractivity contribution in [3.63, 3.8) is 0 Å². The molecule has 1 atom stereocenters. The number of morpholine rings is 1. The number of thiazole rings is 1. The topological polar surface area (TPSA) is 63.2 Å². The van der Waals surface area contributed by atoms with E-state index in [0.717, 1.165) is 42.7 Å². The summed E-state index contributed by atoms with van der Waals surface area (Å²) < 4.78 is 5.68. The van der Waals surface area contributed by atoms with E-state index < -0.39 is 0 Å². The highest BCUT2D eigenvalue weighted by atomic mass is 32.1. The van der Waals surface area contributed by atoms with E-state index in [1.807, 2.05) is 25.5 Å². The first-order valence-electron chi connectivity index (χ1n) is 7.41. The van der Waals surface area contributed by atoms with Gasteiger partial charge in [0, 0.05) is 36.8 Å². The van der Waals surface area contributed by atoms with Crippen LogP contribution in [0, 0.1) is 13.8 Å². The molecule has 0 bridgehead atoms. The molecule has 2 aromatic heterocycles. The number of hydrogen-bond donors (Lipinski definition) is 1. The van der Waals surface area contributed by atoms with Crippen molar-refractivity contribution < 1.29 is 4.74 Å². The largest absolute Gasteiger partial charge is 0.378 e. The molecule has 118 valence electrons. The molecule has 1 saturated heterocycles. The number of ether oxygens (including phenoxy) is 1. The second kappa shape index (κ2) is 6.68. The summed E-state index contributed by atoms with van der Waals surface area (Å²) >= 11 is 1.70. The van der Waals surface area contributed by atoms with Crippen LogP contribution in [0.2, 0.25) is 0 Å². The van der Waals surface area contributed by atoms with Crippen LogP contribution < -0.4 is 5.32 Å². The van der Waals surface area contributed by atoms with Crippen LogP contribution in [0.15, 0.2) is 11.6 Å². The molecular formula is C15H21N5OS. The predicted molar refractivity (Wildman–Crippen MR) is 87.1 cm³/mol. The van der Waals surface area contributed by atoms with E-state index in [1.165, 1.54) is 4.88 Å². The summed E-state index contributed by atoms with van der Waals surface area (Å²) in [5.74, 6) is 1.67. The average Bonchev–Trinajstić information content (AvgIpc) is 2.92. The summed E-state index contributed by atoms with van der Waals surface area (Å²) in [6, 6.07) is 2.03. The fourth-order valence-electron chi connectivity index (χ4n) is 2.60. The van der Waals surface area contributed by atoms with Gasteiger partial charge in [-0.2, -0.15) is 0 Å². The lowest BCUT2D eigenvalue weighted by Gasteiger charge is -2.34. The van der Waals surface area contributed by atoms with Crippen LogP contribution in [0.1, 0.15) is 28.1 Å². The van der Waals surface area contributed by atoms with E-state index in [1.54, 1.807) is 11.3 Å². The molecule has 1 aliphatic heterocycles. The van der Waals surface area contributed by atoms with Crippen LogP contribution in [0.25, 0.3) is 0 Å². The average molecular weight is 319 g/mol. The monoisotopic (exact) mass is 319 g/mol. The summed E-state index contributed by atoms with van der Waals surface area (Å²) in [4.78, 5) is 17.3. The van der Waals surface area contributed by atoms with E-state index in [9.17, 15) is 0 Å². The van der Waals surface area contributed by atoms with Crippen LogP contribution in [0.5, 0.6) is 0 Å². The Balaban J connectivity index is 1.86. The lowest BCUT2D eigenvalue weighted by atomic mass is 10.2. The van der Waals surface area contributed by atoms with Gasteiger partial charge in [-0.05, 0) is 13.8 Å². The van der Waals surface area contributed by atoms with Gasteiger partial charge in [0.1, 0.15) is 11.6 Å². The molecule has 0 aromatic carbocycles. The summed E-state index contributed by atoms with van der Waals surface area (Å²) in [6.45, 7) is 7.19. The zero-order valence-electron chi connectivity index (χ0n) is 13.2. The molecule has 1 aliphatic rings. The van der Waals surface area contributed by atoms with Crippen molar-refractivity contribution in [2.75, 3.05) is 32.1 Å². The Morgan fingerprint density at radius 2 is 2.27 bits per heavy atom. The van der Waals surface area contributed by atoms with Crippen LogP contribution in [-0.4, -0.2) is 46.7 Å². The fraction of sp³-hybridized carbons (Fsp3) is 0.533. The van der Waals surface area contributed by atoms with Gasteiger partial charge >= 0.3 is 0 Å². The quantitative estimate of drug-likeness (QED) is 0.932. The number of nitrogens with zero attached hydrogens (tertiary/aromatic N) is 4. The molecule has 1 fully saturated rings. The van der Waals surface area contributed by atoms with Crippen molar-refractivity contribution in [3.8, 4) is 0 Å². The van der Waals surface area contributed by atoms with Crippen LogP contribution in [0.4, 0.5) is 5.82 Å². The normalized spacial score (nSPS) is 19.3. The van der Waals surface area contributed by atoms with Gasteiger partial charge in [0.2, 0.25) is 0 Å². The minimum Gasteiger partial charge on any atom is -0.378 e. The molecule has 0 amide bonds. The van der Waals surface area contributed by atoms with Gasteiger partial charge < -0.3 is 10.1 Å². The van der Waals surface area contributed by atoms with Crippen LogP contribution in [0.3, 0.4) is 0 Å². The van der Waals surface area contributed by atoms with Crippen LogP contribution in [-0.2, 0) is 11.3 Å². The van der Waals surface area contributed by atoms with E-state index in [0.29, 0.717) is 6.61 Å². The molecule has 7 heteroatoms. The first-order valence-corrected chi connectivity index (χ1v) is 8.29. The van der Waals surface area contributed by atoms with Gasteiger partial charge in [0.05, 0.1) is 30.5 Å². The molecule has 0 radical (unpaired) electrons. The lowest BCUT2D eigenvalue weighted by Crippen LogP contribution is -2.40. The number of hydrogen-bond acceptors (Lipinski definition) is 7. The Morgan fingerprint density at radius 1 is 1.41 bits per heavy atom. The SMILES string of the molecule is CNc1cc(C)nc([C@@H]2COCCN2Cc2scnc2C)n1. The molecule has 2 aromatic rings. The third kappa shape index (κ3) is 3.26. The molecule has 0 unspecified atom stereocenters. The number of nitrogens with one attached hydrogen (secondary N) is 1. The Kier molecular flexibility index (Phi) is 4.66. The van der Waals surface area contributed by atoms with Crippen molar-refractivity contribution in [1.29, 1.82) is 0 Å². The summed E-state index contributed by atoms with van der Waals surface area (Å²) in [6.07, 6.45) is 0. The summed E-state index contributed by atoms with van der Waals surface area (Å²) in [5.41, 5.74) is 3.98. The van der Waals surface area contributed by atoms with E-state index >= 15 is 0 Å². The molecule has 3 rings (SSSR count). The van der Waals surface area contributed by atoms with Gasteiger partial charge in [-0.15, -0.1) is 11.3 Å². The van der Waals surface area contributed by atoms with E-state index in [4.69, 9.17) is 4.74 Å². The van der Waals surface area contributed by atoms with Gasteiger partial charge in [-0.25, -0.2) is 15.0 Å². The molecule has 3 heterocycles. The Morgan fingerprint density at radius 3 is 3.00 bits per heavy atom. The second-order valence-corrected chi connectivity index (χ2v) is 6.36. The second-order valence-electron chi connectivity index (χ2n) is 5.42. The molecular weight excluding hydrogens is 298 g/mol. The van der Waals surface area contributed by atoms with E-state index in [2.05, 4.69) is 32.1 Å². The first-order chi connectivity index (χ1) is 10.7. The van der Waals surface area contributed by atoms with Crippen LogP contribution >= 0.6 is 11.3 Å².